The van der Waals surface area contributed by atoms with Gasteiger partial charge in [-0.05, 0) is 51.4 Å². The van der Waals surface area contributed by atoms with Gasteiger partial charge in [0.1, 0.15) is 0 Å². The summed E-state index contributed by atoms with van der Waals surface area (Å²) in [5, 5.41) is 8.75. The minimum absolute atomic E-state index is 0.165. The third-order valence-electron chi connectivity index (χ3n) is 4.22. The number of rotatable bonds is 6. The highest BCUT2D eigenvalue weighted by atomic mass is 19.4. The molecule has 0 aliphatic heterocycles. The first kappa shape index (κ1) is 19.4. The number of carboxylic acids is 1. The lowest BCUT2D eigenvalue weighted by Gasteiger charge is -2.26. The van der Waals surface area contributed by atoms with Crippen LogP contribution in [0.15, 0.2) is 16.1 Å². The average Bonchev–Trinajstić information content (AvgIpc) is 2.42. The number of halogens is 3. The van der Waals surface area contributed by atoms with Gasteiger partial charge in [0, 0.05) is 30.3 Å². The number of carboxylic acid groups (broad SMARTS) is 1. The van der Waals surface area contributed by atoms with Crippen LogP contribution in [0.3, 0.4) is 0 Å². The van der Waals surface area contributed by atoms with Crippen molar-refractivity contribution in [2.45, 2.75) is 52.1 Å². The maximum atomic E-state index is 12.7. The van der Waals surface area contributed by atoms with E-state index >= 15 is 0 Å². The second-order valence-electron chi connectivity index (χ2n) is 6.07. The molecule has 1 fully saturated rings. The monoisotopic (exact) mass is 333 g/mol. The molecule has 1 aliphatic carbocycles. The van der Waals surface area contributed by atoms with Gasteiger partial charge in [-0.25, -0.2) is 0 Å². The summed E-state index contributed by atoms with van der Waals surface area (Å²) in [4.78, 5) is 26.0. The molecule has 0 aromatic rings. The van der Waals surface area contributed by atoms with Gasteiger partial charge in [0.15, 0.2) is 5.78 Å². The Morgan fingerprint density at radius 1 is 1.13 bits per heavy atom. The van der Waals surface area contributed by atoms with Crippen molar-refractivity contribution >= 4 is 18.0 Å². The number of hydrogen-bond donors (Lipinski definition) is 1. The molecule has 7 heteroatoms. The number of carbonyl (C=O) groups is 2. The lowest BCUT2D eigenvalue weighted by molar-refractivity contribution is -0.138. The molecule has 1 saturated carbocycles. The highest BCUT2D eigenvalue weighted by molar-refractivity contribution is 6.12. The SMILES string of the molecule is CC(=O)C(/C=N\C[C@H]1CC[C@H](CC(=O)O)CC1)=C(/C)C(F)(F)F. The molecule has 4 nitrogen and oxygen atoms in total. The second kappa shape index (κ2) is 8.26. The highest BCUT2D eigenvalue weighted by Gasteiger charge is 2.33. The summed E-state index contributed by atoms with van der Waals surface area (Å²) in [6.07, 6.45) is -0.138. The number of ketones is 1. The van der Waals surface area contributed by atoms with Crippen LogP contribution in [0.4, 0.5) is 13.2 Å². The van der Waals surface area contributed by atoms with E-state index in [1.54, 1.807) is 0 Å². The molecule has 0 radical (unpaired) electrons. The number of alkyl halides is 3. The maximum absolute atomic E-state index is 12.7. The van der Waals surface area contributed by atoms with Gasteiger partial charge in [0.2, 0.25) is 0 Å². The van der Waals surface area contributed by atoms with Crippen molar-refractivity contribution in [3.63, 3.8) is 0 Å². The molecule has 0 bridgehead atoms. The van der Waals surface area contributed by atoms with Crippen LogP contribution in [0.1, 0.15) is 46.0 Å². The van der Waals surface area contributed by atoms with E-state index in [1.807, 2.05) is 0 Å². The zero-order valence-corrected chi connectivity index (χ0v) is 13.3. The van der Waals surface area contributed by atoms with Crippen molar-refractivity contribution in [1.29, 1.82) is 0 Å². The smallest absolute Gasteiger partial charge is 0.413 e. The van der Waals surface area contributed by atoms with Crippen LogP contribution in [0.5, 0.6) is 0 Å². The molecular formula is C16H22F3NO3. The fourth-order valence-electron chi connectivity index (χ4n) is 2.76. The van der Waals surface area contributed by atoms with Crippen LogP contribution in [-0.2, 0) is 9.59 Å². The van der Waals surface area contributed by atoms with E-state index in [0.717, 1.165) is 45.7 Å². The van der Waals surface area contributed by atoms with E-state index < -0.39 is 29.1 Å². The first-order valence-electron chi connectivity index (χ1n) is 7.61. The van der Waals surface area contributed by atoms with E-state index in [9.17, 15) is 22.8 Å². The molecule has 0 amide bonds. The molecule has 0 aromatic heterocycles. The van der Waals surface area contributed by atoms with Gasteiger partial charge >= 0.3 is 12.1 Å². The van der Waals surface area contributed by atoms with Gasteiger partial charge in [0.05, 0.1) is 0 Å². The van der Waals surface area contributed by atoms with Crippen molar-refractivity contribution in [3.05, 3.63) is 11.1 Å². The van der Waals surface area contributed by atoms with Gasteiger partial charge in [-0.3, -0.25) is 14.6 Å². The third-order valence-corrected chi connectivity index (χ3v) is 4.22. The maximum Gasteiger partial charge on any atom is 0.413 e. The van der Waals surface area contributed by atoms with Gasteiger partial charge in [-0.15, -0.1) is 0 Å². The number of allylic oxidation sites excluding steroid dienone is 2. The van der Waals surface area contributed by atoms with Crippen molar-refractivity contribution in [2.24, 2.45) is 16.8 Å². The van der Waals surface area contributed by atoms with Gasteiger partial charge < -0.3 is 5.11 Å². The number of aliphatic imine (C=N–C) groups is 1. The van der Waals surface area contributed by atoms with Gasteiger partial charge in [-0.2, -0.15) is 13.2 Å². The summed E-state index contributed by atoms with van der Waals surface area (Å²) in [6, 6.07) is 0. The molecule has 0 heterocycles. The van der Waals surface area contributed by atoms with E-state index in [2.05, 4.69) is 4.99 Å². The quantitative estimate of drug-likeness (QED) is 0.594. The number of hydrogen-bond acceptors (Lipinski definition) is 3. The summed E-state index contributed by atoms with van der Waals surface area (Å²) in [5.41, 5.74) is -1.34. The van der Waals surface area contributed by atoms with Gasteiger partial charge in [-0.1, -0.05) is 0 Å². The van der Waals surface area contributed by atoms with Gasteiger partial charge in [0.25, 0.3) is 0 Å². The molecule has 0 spiro atoms. The summed E-state index contributed by atoms with van der Waals surface area (Å²) in [7, 11) is 0. The fourth-order valence-corrected chi connectivity index (χ4v) is 2.76. The number of Topliss-reactive ketones (excluding diaryl/α,β-unsaturated/α-hetero) is 1. The van der Waals surface area contributed by atoms with Crippen molar-refractivity contribution < 1.29 is 27.9 Å². The molecular weight excluding hydrogens is 311 g/mol. The molecule has 130 valence electrons. The predicted molar refractivity (Wildman–Crippen MR) is 80.5 cm³/mol. The third kappa shape index (κ3) is 6.54. The molecule has 0 aromatic carbocycles. The Bertz CT molecular complexity index is 501. The van der Waals surface area contributed by atoms with Crippen molar-refractivity contribution in [1.82, 2.24) is 0 Å². The Hall–Kier alpha value is -1.66. The normalized spacial score (nSPS) is 23.7. The largest absolute Gasteiger partial charge is 0.481 e. The molecule has 1 N–H and O–H groups in total. The fraction of sp³-hybridized carbons (Fsp3) is 0.688. The van der Waals surface area contributed by atoms with Crippen molar-refractivity contribution in [2.75, 3.05) is 6.54 Å². The zero-order valence-electron chi connectivity index (χ0n) is 13.3. The van der Waals surface area contributed by atoms with Crippen LogP contribution >= 0.6 is 0 Å². The molecule has 0 unspecified atom stereocenters. The minimum atomic E-state index is -4.54. The molecule has 23 heavy (non-hydrogen) atoms. The van der Waals surface area contributed by atoms with Crippen LogP contribution in [-0.4, -0.2) is 35.8 Å². The van der Waals surface area contributed by atoms with Crippen molar-refractivity contribution in [3.8, 4) is 0 Å². The van der Waals surface area contributed by atoms with Crippen LogP contribution in [0.2, 0.25) is 0 Å². The Balaban J connectivity index is 2.58. The van der Waals surface area contributed by atoms with E-state index in [0.29, 0.717) is 6.54 Å². The predicted octanol–water partition coefficient (Wildman–Crippen LogP) is 3.81. The molecule has 1 aliphatic rings. The van der Waals surface area contributed by atoms with E-state index in [-0.39, 0.29) is 18.3 Å². The minimum Gasteiger partial charge on any atom is -0.481 e. The molecule has 0 atom stereocenters. The second-order valence-corrected chi connectivity index (χ2v) is 6.07. The summed E-state index contributed by atoms with van der Waals surface area (Å²) >= 11 is 0. The summed E-state index contributed by atoms with van der Waals surface area (Å²) in [6.45, 7) is 2.33. The standard InChI is InChI=1S/C16H22F3NO3/c1-10(16(17,18)19)14(11(2)21)9-20-8-13-5-3-12(4-6-13)7-15(22)23/h9,12-13H,3-8H2,1-2H3,(H,22,23)/b14-10-,20-9-/t12-,13-. The van der Waals surface area contributed by atoms with Crippen LogP contribution in [0, 0.1) is 11.8 Å². The molecule has 0 saturated heterocycles. The lowest BCUT2D eigenvalue weighted by Crippen LogP contribution is -2.19. The number of carbonyl (C=O) groups excluding carboxylic acids is 1. The van der Waals surface area contributed by atoms with E-state index in [4.69, 9.17) is 5.11 Å². The Kier molecular flexibility index (Phi) is 6.97. The van der Waals surface area contributed by atoms with E-state index in [1.165, 1.54) is 0 Å². The summed E-state index contributed by atoms with van der Waals surface area (Å²) in [5.74, 6) is -1.05. The Labute approximate surface area is 133 Å². The van der Waals surface area contributed by atoms with Crippen LogP contribution < -0.4 is 0 Å². The Morgan fingerprint density at radius 3 is 2.09 bits per heavy atom. The number of nitrogens with zero attached hydrogens (tertiary/aromatic N) is 1. The molecule has 1 rings (SSSR count). The topological polar surface area (TPSA) is 66.7 Å². The van der Waals surface area contributed by atoms with Crippen LogP contribution in [0.25, 0.3) is 0 Å². The Morgan fingerprint density at radius 2 is 1.65 bits per heavy atom. The first-order chi connectivity index (χ1) is 10.6. The lowest BCUT2D eigenvalue weighted by atomic mass is 9.80. The number of aliphatic carboxylic acids is 1. The summed E-state index contributed by atoms with van der Waals surface area (Å²) < 4.78 is 38.0. The zero-order chi connectivity index (χ0) is 17.6. The highest BCUT2D eigenvalue weighted by Crippen LogP contribution is 2.31. The average molecular weight is 333 g/mol. The first-order valence-corrected chi connectivity index (χ1v) is 7.61.